The van der Waals surface area contributed by atoms with Gasteiger partial charge in [-0.3, -0.25) is 14.6 Å². The quantitative estimate of drug-likeness (QED) is 0.578. The predicted molar refractivity (Wildman–Crippen MR) is 93.8 cm³/mol. The van der Waals surface area contributed by atoms with Gasteiger partial charge in [-0.05, 0) is 31.3 Å². The second-order valence-electron chi connectivity index (χ2n) is 6.10. The van der Waals surface area contributed by atoms with Gasteiger partial charge >= 0.3 is 0 Å². The molecule has 0 bridgehead atoms. The molecule has 0 unspecified atom stereocenters. The van der Waals surface area contributed by atoms with Gasteiger partial charge in [0.2, 0.25) is 5.91 Å². The number of Topliss-reactive ketones (excluding diaryl/α,β-unsaturated/α-hetero) is 1. The molecule has 1 aromatic heterocycles. The number of hydrogen-bond acceptors (Lipinski definition) is 4. The lowest BCUT2D eigenvalue weighted by atomic mass is 10.0. The third-order valence-corrected chi connectivity index (χ3v) is 4.05. The molecule has 2 heterocycles. The Labute approximate surface area is 142 Å². The maximum absolute atomic E-state index is 11.8. The van der Waals surface area contributed by atoms with Crippen molar-refractivity contribution < 1.29 is 9.59 Å². The van der Waals surface area contributed by atoms with Crippen LogP contribution in [-0.2, 0) is 16.0 Å². The lowest BCUT2D eigenvalue weighted by Gasteiger charge is -2.05. The molecular weight excluding hydrogens is 304 g/mol. The molecule has 6 nitrogen and oxygen atoms in total. The van der Waals surface area contributed by atoms with Crippen LogP contribution in [0.3, 0.4) is 0 Å². The number of allylic oxidation sites excluding steroid dienone is 1. The van der Waals surface area contributed by atoms with E-state index in [1.54, 1.807) is 12.5 Å². The molecule has 1 aliphatic rings. The lowest BCUT2D eigenvalue weighted by molar-refractivity contribution is -0.122. The van der Waals surface area contributed by atoms with Crippen molar-refractivity contribution in [1.82, 2.24) is 15.3 Å². The average Bonchev–Trinajstić information content (AvgIpc) is 3.25. The molecule has 130 valence electrons. The standard InChI is InChI=1S/C18H26N4O2/c23-17(6-3-4-15-8-10-19-12-15)5-1-2-7-18(24)21-11-9-16-13-20-14-22-16/h10,12-14H,1-9,11H2,(H,20,22)(H,21,24). The SMILES string of the molecule is O=C(CCCCC(=O)NCCc1cnc[nH]1)CCCC1=CN=CC1. The molecule has 6 heteroatoms. The van der Waals surface area contributed by atoms with Crippen molar-refractivity contribution in [2.45, 2.75) is 57.8 Å². The number of amides is 1. The summed E-state index contributed by atoms with van der Waals surface area (Å²) in [5, 5.41) is 2.88. The van der Waals surface area contributed by atoms with Crippen LogP contribution in [0.1, 0.15) is 57.1 Å². The summed E-state index contributed by atoms with van der Waals surface area (Å²) < 4.78 is 0. The highest BCUT2D eigenvalue weighted by Gasteiger charge is 2.06. The highest BCUT2D eigenvalue weighted by Crippen LogP contribution is 2.15. The number of H-pyrrole nitrogens is 1. The summed E-state index contributed by atoms with van der Waals surface area (Å²) in [6.07, 6.45) is 14.0. The van der Waals surface area contributed by atoms with Crippen molar-refractivity contribution >= 4 is 17.9 Å². The number of aromatic nitrogens is 2. The molecule has 1 aromatic rings. The Morgan fingerprint density at radius 2 is 1.96 bits per heavy atom. The van der Waals surface area contributed by atoms with Crippen molar-refractivity contribution in [3.8, 4) is 0 Å². The van der Waals surface area contributed by atoms with E-state index < -0.39 is 0 Å². The molecule has 2 rings (SSSR count). The van der Waals surface area contributed by atoms with Crippen LogP contribution in [0.15, 0.2) is 29.3 Å². The first-order chi connectivity index (χ1) is 11.7. The third kappa shape index (κ3) is 7.35. The normalized spacial score (nSPS) is 13.1. The number of nitrogens with one attached hydrogen (secondary N) is 2. The van der Waals surface area contributed by atoms with Gasteiger partial charge in [0.25, 0.3) is 0 Å². The first kappa shape index (κ1) is 18.1. The zero-order valence-electron chi connectivity index (χ0n) is 14.1. The van der Waals surface area contributed by atoms with E-state index in [-0.39, 0.29) is 5.91 Å². The topological polar surface area (TPSA) is 87.2 Å². The molecule has 1 amide bonds. The molecule has 0 saturated heterocycles. The Balaban J connectivity index is 1.42. The number of aromatic amines is 1. The number of nitrogens with zero attached hydrogens (tertiary/aromatic N) is 2. The second kappa shape index (κ2) is 10.5. The van der Waals surface area contributed by atoms with Crippen LogP contribution in [0.4, 0.5) is 0 Å². The highest BCUT2D eigenvalue weighted by atomic mass is 16.1. The van der Waals surface area contributed by atoms with E-state index in [9.17, 15) is 9.59 Å². The molecule has 24 heavy (non-hydrogen) atoms. The molecule has 2 N–H and O–H groups in total. The first-order valence-electron chi connectivity index (χ1n) is 8.69. The number of ketones is 1. The summed E-state index contributed by atoms with van der Waals surface area (Å²) >= 11 is 0. The minimum atomic E-state index is 0.0511. The molecule has 0 atom stereocenters. The van der Waals surface area contributed by atoms with Crippen molar-refractivity contribution in [3.05, 3.63) is 30.0 Å². The average molecular weight is 330 g/mol. The van der Waals surface area contributed by atoms with E-state index in [4.69, 9.17) is 0 Å². The fourth-order valence-electron chi connectivity index (χ4n) is 2.64. The number of hydrogen-bond donors (Lipinski definition) is 2. The number of rotatable bonds is 12. The predicted octanol–water partition coefficient (Wildman–Crippen LogP) is 2.73. The summed E-state index contributed by atoms with van der Waals surface area (Å²) in [5.74, 6) is 0.351. The van der Waals surface area contributed by atoms with E-state index in [1.807, 2.05) is 12.4 Å². The lowest BCUT2D eigenvalue weighted by Crippen LogP contribution is -2.25. The van der Waals surface area contributed by atoms with E-state index in [1.165, 1.54) is 5.57 Å². The van der Waals surface area contributed by atoms with E-state index in [2.05, 4.69) is 20.3 Å². The zero-order chi connectivity index (χ0) is 17.0. The van der Waals surface area contributed by atoms with Gasteiger partial charge in [-0.15, -0.1) is 0 Å². The van der Waals surface area contributed by atoms with E-state index in [0.29, 0.717) is 31.6 Å². The molecule has 0 aromatic carbocycles. The van der Waals surface area contributed by atoms with Crippen LogP contribution in [0.2, 0.25) is 0 Å². The minimum absolute atomic E-state index is 0.0511. The number of carbonyl (C=O) groups excluding carboxylic acids is 2. The van der Waals surface area contributed by atoms with Crippen LogP contribution in [0.25, 0.3) is 0 Å². The van der Waals surface area contributed by atoms with Crippen molar-refractivity contribution in [1.29, 1.82) is 0 Å². The Bertz CT molecular complexity index is 576. The fourth-order valence-corrected chi connectivity index (χ4v) is 2.64. The molecular formula is C18H26N4O2. The van der Waals surface area contributed by atoms with Gasteiger partial charge in [0.15, 0.2) is 0 Å². The number of unbranched alkanes of at least 4 members (excludes halogenated alkanes) is 1. The van der Waals surface area contributed by atoms with Crippen molar-refractivity contribution in [2.75, 3.05) is 6.54 Å². The van der Waals surface area contributed by atoms with Gasteiger partial charge in [-0.2, -0.15) is 0 Å². The minimum Gasteiger partial charge on any atom is -0.356 e. The molecule has 1 aliphatic heterocycles. The molecule has 0 aliphatic carbocycles. The van der Waals surface area contributed by atoms with Gasteiger partial charge in [0.05, 0.1) is 6.33 Å². The van der Waals surface area contributed by atoms with Crippen LogP contribution in [0, 0.1) is 0 Å². The molecule has 0 radical (unpaired) electrons. The Morgan fingerprint density at radius 1 is 1.12 bits per heavy atom. The van der Waals surface area contributed by atoms with Crippen LogP contribution < -0.4 is 5.32 Å². The number of imidazole rings is 1. The zero-order valence-corrected chi connectivity index (χ0v) is 14.1. The monoisotopic (exact) mass is 330 g/mol. The summed E-state index contributed by atoms with van der Waals surface area (Å²) in [7, 11) is 0. The first-order valence-corrected chi connectivity index (χ1v) is 8.69. The van der Waals surface area contributed by atoms with Gasteiger partial charge in [0.1, 0.15) is 5.78 Å². The largest absolute Gasteiger partial charge is 0.356 e. The van der Waals surface area contributed by atoms with Crippen LogP contribution >= 0.6 is 0 Å². The Kier molecular flexibility index (Phi) is 7.93. The fraction of sp³-hybridized carbons (Fsp3) is 0.556. The van der Waals surface area contributed by atoms with E-state index >= 15 is 0 Å². The second-order valence-corrected chi connectivity index (χ2v) is 6.10. The van der Waals surface area contributed by atoms with Gasteiger partial charge in [-0.25, -0.2) is 4.98 Å². The molecule has 0 spiro atoms. The third-order valence-electron chi connectivity index (χ3n) is 4.05. The van der Waals surface area contributed by atoms with Crippen molar-refractivity contribution in [3.63, 3.8) is 0 Å². The van der Waals surface area contributed by atoms with Crippen molar-refractivity contribution in [2.24, 2.45) is 4.99 Å². The Hall–Kier alpha value is -2.24. The maximum Gasteiger partial charge on any atom is 0.220 e. The van der Waals surface area contributed by atoms with Gasteiger partial charge in [0, 0.05) is 63.0 Å². The van der Waals surface area contributed by atoms with E-state index in [0.717, 1.165) is 44.2 Å². The molecule has 0 saturated carbocycles. The summed E-state index contributed by atoms with van der Waals surface area (Å²) in [5.41, 5.74) is 2.33. The van der Waals surface area contributed by atoms with Gasteiger partial charge in [-0.1, -0.05) is 0 Å². The number of carbonyl (C=O) groups is 2. The molecule has 0 fully saturated rings. The Morgan fingerprint density at radius 3 is 2.71 bits per heavy atom. The smallest absolute Gasteiger partial charge is 0.220 e. The summed E-state index contributed by atoms with van der Waals surface area (Å²) in [4.78, 5) is 34.5. The van der Waals surface area contributed by atoms with Crippen LogP contribution in [-0.4, -0.2) is 34.4 Å². The highest BCUT2D eigenvalue weighted by molar-refractivity contribution is 5.78. The summed E-state index contributed by atoms with van der Waals surface area (Å²) in [6, 6.07) is 0. The van der Waals surface area contributed by atoms with Crippen LogP contribution in [0.5, 0.6) is 0 Å². The maximum atomic E-state index is 11.8. The number of aliphatic imine (C=N–C) groups is 1. The summed E-state index contributed by atoms with van der Waals surface area (Å²) in [6.45, 7) is 0.611. The van der Waals surface area contributed by atoms with Gasteiger partial charge < -0.3 is 10.3 Å².